The average Bonchev–Trinajstić information content (AvgIpc) is 2.34. The molecule has 1 aromatic carbocycles. The normalized spacial score (nSPS) is 10.8. The third-order valence-corrected chi connectivity index (χ3v) is 2.92. The van der Waals surface area contributed by atoms with E-state index in [-0.39, 0.29) is 22.8 Å². The zero-order valence-corrected chi connectivity index (χ0v) is 11.0. The largest absolute Gasteiger partial charge is 0.508 e. The topological polar surface area (TPSA) is 60.8 Å². The summed E-state index contributed by atoms with van der Waals surface area (Å²) >= 11 is 0. The molecule has 1 rings (SSSR count). The first-order chi connectivity index (χ1) is 8.58. The van der Waals surface area contributed by atoms with Gasteiger partial charge in [-0.25, -0.2) is 0 Å². The zero-order chi connectivity index (χ0) is 13.5. The van der Waals surface area contributed by atoms with E-state index < -0.39 is 0 Å². The van der Waals surface area contributed by atoms with Crippen molar-refractivity contribution < 1.29 is 15.0 Å². The standard InChI is InChI=1S/C14H21NO3/c1-3-5-8-15(4-2)10-14(18)12-7-6-11(16)9-13(12)17/h6-7,9,16-17H,3-5,8,10H2,1-2H3. The van der Waals surface area contributed by atoms with E-state index in [1.807, 2.05) is 6.92 Å². The van der Waals surface area contributed by atoms with Crippen molar-refractivity contribution >= 4 is 5.78 Å². The van der Waals surface area contributed by atoms with Crippen LogP contribution in [0.1, 0.15) is 37.0 Å². The Morgan fingerprint density at radius 1 is 1.28 bits per heavy atom. The molecule has 0 bridgehead atoms. The van der Waals surface area contributed by atoms with Crippen LogP contribution in [0.25, 0.3) is 0 Å². The number of hydrogen-bond acceptors (Lipinski definition) is 4. The molecule has 0 saturated heterocycles. The highest BCUT2D eigenvalue weighted by Crippen LogP contribution is 2.23. The van der Waals surface area contributed by atoms with Crippen molar-refractivity contribution in [2.24, 2.45) is 0 Å². The van der Waals surface area contributed by atoms with Gasteiger partial charge in [-0.05, 0) is 31.6 Å². The van der Waals surface area contributed by atoms with Crippen molar-refractivity contribution in [2.75, 3.05) is 19.6 Å². The lowest BCUT2D eigenvalue weighted by molar-refractivity contribution is 0.0930. The highest BCUT2D eigenvalue weighted by Gasteiger charge is 2.14. The van der Waals surface area contributed by atoms with Gasteiger partial charge in [0.25, 0.3) is 0 Å². The molecular formula is C14H21NO3. The second-order valence-electron chi connectivity index (χ2n) is 4.35. The Labute approximate surface area is 108 Å². The van der Waals surface area contributed by atoms with Crippen molar-refractivity contribution in [1.82, 2.24) is 4.90 Å². The molecule has 0 saturated carbocycles. The Bertz CT molecular complexity index is 404. The molecule has 0 amide bonds. The van der Waals surface area contributed by atoms with Crippen LogP contribution >= 0.6 is 0 Å². The maximum absolute atomic E-state index is 12.0. The molecule has 4 heteroatoms. The molecule has 0 aliphatic carbocycles. The minimum absolute atomic E-state index is 0.0395. The quantitative estimate of drug-likeness (QED) is 0.730. The number of carbonyl (C=O) groups excluding carboxylic acids is 1. The molecule has 2 N–H and O–H groups in total. The van der Waals surface area contributed by atoms with Gasteiger partial charge in [-0.15, -0.1) is 0 Å². The predicted molar refractivity (Wildman–Crippen MR) is 71.1 cm³/mol. The van der Waals surface area contributed by atoms with Gasteiger partial charge in [-0.3, -0.25) is 9.69 Å². The Kier molecular flexibility index (Phi) is 5.65. The molecule has 100 valence electrons. The molecule has 0 atom stereocenters. The Balaban J connectivity index is 2.68. The molecule has 4 nitrogen and oxygen atoms in total. The highest BCUT2D eigenvalue weighted by atomic mass is 16.3. The van der Waals surface area contributed by atoms with Crippen LogP contribution in [0.4, 0.5) is 0 Å². The van der Waals surface area contributed by atoms with E-state index in [9.17, 15) is 15.0 Å². The Morgan fingerprint density at radius 3 is 2.56 bits per heavy atom. The van der Waals surface area contributed by atoms with Gasteiger partial charge in [0.05, 0.1) is 12.1 Å². The number of aromatic hydroxyl groups is 2. The van der Waals surface area contributed by atoms with Crippen LogP contribution < -0.4 is 0 Å². The SMILES string of the molecule is CCCCN(CC)CC(=O)c1ccc(O)cc1O. The third kappa shape index (κ3) is 4.04. The van der Waals surface area contributed by atoms with Crippen LogP contribution in [-0.4, -0.2) is 40.5 Å². The fraction of sp³-hybridized carbons (Fsp3) is 0.500. The summed E-state index contributed by atoms with van der Waals surface area (Å²) in [5.74, 6) is -0.320. The second-order valence-corrected chi connectivity index (χ2v) is 4.35. The first-order valence-corrected chi connectivity index (χ1v) is 6.36. The van der Waals surface area contributed by atoms with Crippen LogP contribution in [0, 0.1) is 0 Å². The number of rotatable bonds is 7. The minimum Gasteiger partial charge on any atom is -0.508 e. The van der Waals surface area contributed by atoms with Gasteiger partial charge in [-0.2, -0.15) is 0 Å². The summed E-state index contributed by atoms with van der Waals surface area (Å²) in [4.78, 5) is 14.1. The van der Waals surface area contributed by atoms with Gasteiger partial charge in [0.2, 0.25) is 0 Å². The van der Waals surface area contributed by atoms with Gasteiger partial charge in [0, 0.05) is 6.07 Å². The lowest BCUT2D eigenvalue weighted by atomic mass is 10.1. The van der Waals surface area contributed by atoms with Gasteiger partial charge < -0.3 is 10.2 Å². The summed E-state index contributed by atoms with van der Waals surface area (Å²) in [6.07, 6.45) is 2.15. The summed E-state index contributed by atoms with van der Waals surface area (Å²) in [6.45, 7) is 6.12. The van der Waals surface area contributed by atoms with Crippen molar-refractivity contribution in [3.05, 3.63) is 23.8 Å². The van der Waals surface area contributed by atoms with Gasteiger partial charge >= 0.3 is 0 Å². The van der Waals surface area contributed by atoms with Gasteiger partial charge in [0.15, 0.2) is 5.78 Å². The summed E-state index contributed by atoms with van der Waals surface area (Å²) in [5, 5.41) is 18.8. The van der Waals surface area contributed by atoms with Crippen molar-refractivity contribution in [3.8, 4) is 11.5 Å². The molecule has 0 unspecified atom stereocenters. The number of benzene rings is 1. The van der Waals surface area contributed by atoms with E-state index in [0.29, 0.717) is 6.54 Å². The number of nitrogens with zero attached hydrogens (tertiary/aromatic N) is 1. The van der Waals surface area contributed by atoms with Crippen LogP contribution in [0.15, 0.2) is 18.2 Å². The van der Waals surface area contributed by atoms with E-state index in [1.165, 1.54) is 18.2 Å². The fourth-order valence-corrected chi connectivity index (χ4v) is 1.77. The second kappa shape index (κ2) is 7.01. The number of phenolic OH excluding ortho intramolecular Hbond substituents is 2. The molecule has 0 aliphatic heterocycles. The van der Waals surface area contributed by atoms with E-state index in [1.54, 1.807) is 0 Å². The molecule has 0 spiro atoms. The molecular weight excluding hydrogens is 230 g/mol. The monoisotopic (exact) mass is 251 g/mol. The molecule has 0 aliphatic rings. The molecule has 1 aromatic rings. The number of likely N-dealkylation sites (N-methyl/N-ethyl adjacent to an activating group) is 1. The summed E-state index contributed by atoms with van der Waals surface area (Å²) in [5.41, 5.74) is 0.266. The maximum atomic E-state index is 12.0. The summed E-state index contributed by atoms with van der Waals surface area (Å²) in [7, 11) is 0. The third-order valence-electron chi connectivity index (χ3n) is 2.92. The van der Waals surface area contributed by atoms with Crippen LogP contribution in [0.2, 0.25) is 0 Å². The molecule has 0 fully saturated rings. The smallest absolute Gasteiger partial charge is 0.180 e. The maximum Gasteiger partial charge on any atom is 0.180 e. The number of carbonyl (C=O) groups is 1. The van der Waals surface area contributed by atoms with Crippen molar-refractivity contribution in [1.29, 1.82) is 0 Å². The molecule has 18 heavy (non-hydrogen) atoms. The zero-order valence-electron chi connectivity index (χ0n) is 11.0. The number of unbranched alkanes of at least 4 members (excludes halogenated alkanes) is 1. The lowest BCUT2D eigenvalue weighted by Crippen LogP contribution is -2.30. The van der Waals surface area contributed by atoms with Gasteiger partial charge in [0.1, 0.15) is 11.5 Å². The van der Waals surface area contributed by atoms with Crippen LogP contribution in [0.5, 0.6) is 11.5 Å². The van der Waals surface area contributed by atoms with Crippen molar-refractivity contribution in [2.45, 2.75) is 26.7 Å². The number of ketones is 1. The van der Waals surface area contributed by atoms with E-state index in [2.05, 4.69) is 11.8 Å². The van der Waals surface area contributed by atoms with E-state index in [0.717, 1.165) is 25.9 Å². The van der Waals surface area contributed by atoms with E-state index >= 15 is 0 Å². The highest BCUT2D eigenvalue weighted by molar-refractivity contribution is 6.00. The summed E-state index contributed by atoms with van der Waals surface area (Å²) < 4.78 is 0. The van der Waals surface area contributed by atoms with E-state index in [4.69, 9.17) is 0 Å². The van der Waals surface area contributed by atoms with Crippen LogP contribution in [0.3, 0.4) is 0 Å². The number of hydrogen-bond donors (Lipinski definition) is 2. The molecule has 0 aromatic heterocycles. The predicted octanol–water partition coefficient (Wildman–Crippen LogP) is 2.40. The first-order valence-electron chi connectivity index (χ1n) is 6.36. The van der Waals surface area contributed by atoms with Crippen LogP contribution in [-0.2, 0) is 0 Å². The number of phenols is 2. The lowest BCUT2D eigenvalue weighted by Gasteiger charge is -2.19. The summed E-state index contributed by atoms with van der Waals surface area (Å²) in [6, 6.07) is 4.06. The molecule has 0 heterocycles. The minimum atomic E-state index is -0.161. The fourth-order valence-electron chi connectivity index (χ4n) is 1.77. The van der Waals surface area contributed by atoms with Gasteiger partial charge in [-0.1, -0.05) is 20.3 Å². The van der Waals surface area contributed by atoms with Crippen molar-refractivity contribution in [3.63, 3.8) is 0 Å². The number of Topliss-reactive ketones (excluding diaryl/α,β-unsaturated/α-hetero) is 1. The average molecular weight is 251 g/mol. The Hall–Kier alpha value is -1.55. The first kappa shape index (κ1) is 14.5. The Morgan fingerprint density at radius 2 is 2.00 bits per heavy atom. The molecule has 0 radical (unpaired) electrons.